The third-order valence-corrected chi connectivity index (χ3v) is 4.76. The van der Waals surface area contributed by atoms with Crippen molar-refractivity contribution in [3.8, 4) is 0 Å². The molecule has 1 heterocycles. The molecule has 1 amide bonds. The number of carbonyl (C=O) groups excluding carboxylic acids is 2. The largest absolute Gasteiger partial charge is 0.467 e. The van der Waals surface area contributed by atoms with Crippen LogP contribution in [0, 0.1) is 0 Å². The number of anilines is 1. The molecule has 1 aromatic carbocycles. The topological polar surface area (TPSA) is 49.9 Å². The van der Waals surface area contributed by atoms with Gasteiger partial charge >= 0.3 is 12.1 Å². The van der Waals surface area contributed by atoms with Crippen molar-refractivity contribution in [1.29, 1.82) is 0 Å². The molecule has 1 fully saturated rings. The Labute approximate surface area is 158 Å². The van der Waals surface area contributed by atoms with Gasteiger partial charge in [0.05, 0.1) is 12.7 Å². The van der Waals surface area contributed by atoms with Crippen LogP contribution in [0.15, 0.2) is 24.3 Å². The van der Waals surface area contributed by atoms with Gasteiger partial charge in [-0.25, -0.2) is 4.79 Å². The van der Waals surface area contributed by atoms with Crippen LogP contribution in [0.1, 0.15) is 18.4 Å². The molecule has 1 atom stereocenters. The van der Waals surface area contributed by atoms with E-state index in [1.807, 2.05) is 0 Å². The summed E-state index contributed by atoms with van der Waals surface area (Å²) in [6.07, 6.45) is -3.90. The Balaban J connectivity index is 2.18. The van der Waals surface area contributed by atoms with E-state index >= 15 is 0 Å². The van der Waals surface area contributed by atoms with Gasteiger partial charge in [0.15, 0.2) is 0 Å². The van der Waals surface area contributed by atoms with Gasteiger partial charge < -0.3 is 14.5 Å². The molecule has 9 heteroatoms. The lowest BCUT2D eigenvalue weighted by molar-refractivity contribution is -0.152. The van der Waals surface area contributed by atoms with Crippen molar-refractivity contribution in [2.75, 3.05) is 37.0 Å². The molecule has 1 aromatic rings. The van der Waals surface area contributed by atoms with Crippen LogP contribution in [0.2, 0.25) is 0 Å². The Morgan fingerprint density at radius 2 is 2.04 bits per heavy atom. The Bertz CT molecular complexity index is 654. The lowest BCUT2D eigenvalue weighted by Gasteiger charge is -2.29. The van der Waals surface area contributed by atoms with Gasteiger partial charge in [-0.2, -0.15) is 13.2 Å². The maximum Gasteiger partial charge on any atom is 0.416 e. The first-order valence-corrected chi connectivity index (χ1v) is 9.25. The van der Waals surface area contributed by atoms with Gasteiger partial charge in [-0.1, -0.05) is 22.0 Å². The molecule has 1 aliphatic heterocycles. The van der Waals surface area contributed by atoms with E-state index in [2.05, 4.69) is 15.9 Å². The molecule has 0 bridgehead atoms. The van der Waals surface area contributed by atoms with Crippen LogP contribution in [0.3, 0.4) is 0 Å². The molecular weight excluding hydrogens is 417 g/mol. The van der Waals surface area contributed by atoms with Gasteiger partial charge in [0.25, 0.3) is 0 Å². The number of methoxy groups -OCH3 is 1. The fourth-order valence-corrected chi connectivity index (χ4v) is 3.38. The summed E-state index contributed by atoms with van der Waals surface area (Å²) < 4.78 is 43.5. The average molecular weight is 437 g/mol. The first-order valence-electron chi connectivity index (χ1n) is 8.13. The number of carbonyl (C=O) groups is 2. The maximum absolute atomic E-state index is 12.9. The monoisotopic (exact) mass is 436 g/mol. The summed E-state index contributed by atoms with van der Waals surface area (Å²) in [5.41, 5.74) is -0.321. The second-order valence-electron chi connectivity index (χ2n) is 5.89. The average Bonchev–Trinajstić information content (AvgIpc) is 2.80. The lowest BCUT2D eigenvalue weighted by Crippen LogP contribution is -2.46. The molecule has 0 aromatic heterocycles. The van der Waals surface area contributed by atoms with E-state index in [1.165, 1.54) is 18.1 Å². The van der Waals surface area contributed by atoms with Crippen molar-refractivity contribution in [3.63, 3.8) is 0 Å². The van der Waals surface area contributed by atoms with Gasteiger partial charge in [0.1, 0.15) is 6.04 Å². The van der Waals surface area contributed by atoms with Crippen molar-refractivity contribution in [2.45, 2.75) is 25.1 Å². The quantitative estimate of drug-likeness (QED) is 0.525. The van der Waals surface area contributed by atoms with Crippen LogP contribution in [0.5, 0.6) is 0 Å². The van der Waals surface area contributed by atoms with Crippen LogP contribution in [-0.2, 0) is 20.5 Å². The number of rotatable bonds is 5. The fourth-order valence-electron chi connectivity index (χ4n) is 2.95. The Morgan fingerprint density at radius 3 is 2.65 bits per heavy atom. The summed E-state index contributed by atoms with van der Waals surface area (Å²) in [5, 5.41) is 0.522. The van der Waals surface area contributed by atoms with E-state index in [0.29, 0.717) is 30.5 Å². The number of nitrogens with zero attached hydrogens (tertiary/aromatic N) is 2. The number of amides is 1. The normalized spacial score (nSPS) is 17.0. The van der Waals surface area contributed by atoms with Crippen molar-refractivity contribution < 1.29 is 27.5 Å². The zero-order chi connectivity index (χ0) is 19.3. The number of halogens is 4. The molecule has 1 unspecified atom stereocenters. The van der Waals surface area contributed by atoms with Crippen LogP contribution < -0.4 is 4.90 Å². The molecule has 0 spiro atoms. The van der Waals surface area contributed by atoms with Crippen molar-refractivity contribution in [1.82, 2.24) is 4.90 Å². The molecule has 1 saturated heterocycles. The summed E-state index contributed by atoms with van der Waals surface area (Å²) in [6, 6.07) is 4.34. The zero-order valence-corrected chi connectivity index (χ0v) is 15.8. The van der Waals surface area contributed by atoms with Gasteiger partial charge in [0, 0.05) is 37.1 Å². The van der Waals surface area contributed by atoms with Gasteiger partial charge in [-0.3, -0.25) is 4.79 Å². The number of hydrogen-bond donors (Lipinski definition) is 0. The number of alkyl halides is 4. The first-order chi connectivity index (χ1) is 12.3. The minimum atomic E-state index is -4.42. The van der Waals surface area contributed by atoms with Crippen molar-refractivity contribution >= 4 is 33.5 Å². The highest BCUT2D eigenvalue weighted by Crippen LogP contribution is 2.32. The minimum Gasteiger partial charge on any atom is -0.467 e. The predicted octanol–water partition coefficient (Wildman–Crippen LogP) is 3.07. The van der Waals surface area contributed by atoms with Crippen LogP contribution >= 0.6 is 15.9 Å². The fraction of sp³-hybridized carbons (Fsp3) is 0.529. The SMILES string of the molecule is COC(=O)C(CCBr)N1CCN(c2cccc(C(F)(F)F)c2)CCC1=O. The van der Waals surface area contributed by atoms with Crippen LogP contribution in [0.4, 0.5) is 18.9 Å². The summed E-state index contributed by atoms with van der Waals surface area (Å²) >= 11 is 3.27. The smallest absolute Gasteiger partial charge is 0.416 e. The number of ether oxygens (including phenoxy) is 1. The molecule has 1 aliphatic rings. The van der Waals surface area contributed by atoms with Crippen molar-refractivity contribution in [2.24, 2.45) is 0 Å². The summed E-state index contributed by atoms with van der Waals surface area (Å²) in [6.45, 7) is 0.865. The van der Waals surface area contributed by atoms with Crippen molar-refractivity contribution in [3.05, 3.63) is 29.8 Å². The lowest BCUT2D eigenvalue weighted by atomic mass is 10.1. The molecule has 0 aliphatic carbocycles. The first kappa shape index (κ1) is 20.5. The predicted molar refractivity (Wildman–Crippen MR) is 94.2 cm³/mol. The summed E-state index contributed by atoms with van der Waals surface area (Å²) in [7, 11) is 1.26. The number of hydrogen-bond acceptors (Lipinski definition) is 4. The van der Waals surface area contributed by atoms with Gasteiger partial charge in [-0.15, -0.1) is 0 Å². The Kier molecular flexibility index (Phi) is 6.91. The third-order valence-electron chi connectivity index (χ3n) is 4.30. The Morgan fingerprint density at radius 1 is 1.31 bits per heavy atom. The van der Waals surface area contributed by atoms with E-state index in [9.17, 15) is 22.8 Å². The standard InChI is InChI=1S/C17H20BrF3N2O3/c1-26-16(25)14(5-7-18)23-10-9-22(8-6-15(23)24)13-4-2-3-12(11-13)17(19,20)21/h2-4,11,14H,5-10H2,1H3. The van der Waals surface area contributed by atoms with Crippen LogP contribution in [0.25, 0.3) is 0 Å². The van der Waals surface area contributed by atoms with E-state index in [4.69, 9.17) is 4.74 Å². The van der Waals surface area contributed by atoms with E-state index < -0.39 is 23.8 Å². The molecule has 0 radical (unpaired) electrons. The van der Waals surface area contributed by atoms with E-state index in [-0.39, 0.29) is 18.9 Å². The zero-order valence-electron chi connectivity index (χ0n) is 14.3. The molecule has 26 heavy (non-hydrogen) atoms. The third kappa shape index (κ3) is 4.90. The molecule has 5 nitrogen and oxygen atoms in total. The molecule has 2 rings (SSSR count). The second-order valence-corrected chi connectivity index (χ2v) is 6.68. The highest BCUT2D eigenvalue weighted by molar-refractivity contribution is 9.09. The number of esters is 1. The minimum absolute atomic E-state index is 0.117. The molecule has 0 saturated carbocycles. The molecular formula is C17H20BrF3N2O3. The molecule has 144 valence electrons. The van der Waals surface area contributed by atoms with Gasteiger partial charge in [0.2, 0.25) is 5.91 Å². The van der Waals surface area contributed by atoms with E-state index in [0.717, 1.165) is 12.1 Å². The number of benzene rings is 1. The highest BCUT2D eigenvalue weighted by Gasteiger charge is 2.33. The highest BCUT2D eigenvalue weighted by atomic mass is 79.9. The van der Waals surface area contributed by atoms with Gasteiger partial charge in [-0.05, 0) is 24.6 Å². The Hall–Kier alpha value is -1.77. The van der Waals surface area contributed by atoms with E-state index in [1.54, 1.807) is 11.0 Å². The summed E-state index contributed by atoms with van der Waals surface area (Å²) in [5.74, 6) is -0.707. The van der Waals surface area contributed by atoms with Crippen LogP contribution in [-0.4, -0.2) is 54.9 Å². The second kappa shape index (κ2) is 8.75. The summed E-state index contributed by atoms with van der Waals surface area (Å²) in [4.78, 5) is 27.6. The maximum atomic E-state index is 12.9. The molecule has 0 N–H and O–H groups in total.